The molecule has 232 valence electrons. The van der Waals surface area contributed by atoms with Gasteiger partial charge in [0, 0.05) is 11.5 Å². The highest BCUT2D eigenvalue weighted by atomic mass is 19.4. The molecule has 1 N–H and O–H groups in total. The number of aryl methyl sites for hydroxylation is 1. The van der Waals surface area contributed by atoms with Crippen molar-refractivity contribution in [2.75, 3.05) is 13.1 Å². The van der Waals surface area contributed by atoms with Crippen molar-refractivity contribution >= 4 is 0 Å². The zero-order chi connectivity index (χ0) is 30.8. The first kappa shape index (κ1) is 31.5. The summed E-state index contributed by atoms with van der Waals surface area (Å²) in [7, 11) is 0. The molecular formula is C34H36F7NO. The molecule has 0 bridgehead atoms. The summed E-state index contributed by atoms with van der Waals surface area (Å²) in [6, 6.07) is 18.2. The molecule has 0 amide bonds. The van der Waals surface area contributed by atoms with Crippen LogP contribution in [0.5, 0.6) is 0 Å². The van der Waals surface area contributed by atoms with Gasteiger partial charge >= 0.3 is 12.4 Å². The SMILES string of the molecule is O[C@@H](CCc1cc(C(F)(F)F)cc(C(F)(F)F)c1)C1(c2ccccc2)CCC(N2CCC(c3ccc(F)cc3)CC2)CC1. The van der Waals surface area contributed by atoms with Crippen molar-refractivity contribution in [3.05, 3.63) is 106 Å². The highest BCUT2D eigenvalue weighted by molar-refractivity contribution is 5.34. The third-order valence-electron chi connectivity index (χ3n) is 9.58. The van der Waals surface area contributed by atoms with E-state index in [1.165, 1.54) is 12.1 Å². The highest BCUT2D eigenvalue weighted by Gasteiger charge is 2.44. The monoisotopic (exact) mass is 607 g/mol. The van der Waals surface area contributed by atoms with Crippen LogP contribution in [0.15, 0.2) is 72.8 Å². The zero-order valence-corrected chi connectivity index (χ0v) is 23.8. The summed E-state index contributed by atoms with van der Waals surface area (Å²) in [4.78, 5) is 2.49. The molecule has 3 aromatic carbocycles. The number of alkyl halides is 6. The molecule has 2 fully saturated rings. The summed E-state index contributed by atoms with van der Waals surface area (Å²) < 4.78 is 93.7. The molecule has 2 nitrogen and oxygen atoms in total. The summed E-state index contributed by atoms with van der Waals surface area (Å²) >= 11 is 0. The number of piperidine rings is 1. The molecule has 1 saturated heterocycles. The predicted octanol–water partition coefficient (Wildman–Crippen LogP) is 8.92. The van der Waals surface area contributed by atoms with Crippen LogP contribution in [0, 0.1) is 5.82 Å². The second kappa shape index (κ2) is 12.6. The molecule has 2 aliphatic rings. The molecule has 0 aromatic heterocycles. The first-order valence-corrected chi connectivity index (χ1v) is 14.9. The fourth-order valence-electron chi connectivity index (χ4n) is 7.14. The molecule has 0 radical (unpaired) electrons. The van der Waals surface area contributed by atoms with Gasteiger partial charge in [0.15, 0.2) is 0 Å². The second-order valence-corrected chi connectivity index (χ2v) is 12.1. The average Bonchev–Trinajstić information content (AvgIpc) is 3.00. The first-order chi connectivity index (χ1) is 20.3. The maximum absolute atomic E-state index is 13.4. The number of nitrogens with zero attached hydrogens (tertiary/aromatic N) is 1. The van der Waals surface area contributed by atoms with Crippen molar-refractivity contribution in [3.8, 4) is 0 Å². The van der Waals surface area contributed by atoms with E-state index in [-0.39, 0.29) is 30.3 Å². The van der Waals surface area contributed by atoms with Crippen molar-refractivity contribution in [1.82, 2.24) is 4.90 Å². The summed E-state index contributed by atoms with van der Waals surface area (Å²) in [6.45, 7) is 1.84. The molecule has 1 saturated carbocycles. The van der Waals surface area contributed by atoms with Gasteiger partial charge in [0.05, 0.1) is 17.2 Å². The van der Waals surface area contributed by atoms with Crippen LogP contribution in [0.4, 0.5) is 30.7 Å². The molecule has 1 atom stereocenters. The van der Waals surface area contributed by atoms with E-state index in [0.29, 0.717) is 24.8 Å². The summed E-state index contributed by atoms with van der Waals surface area (Å²) in [6.07, 6.45) is -5.89. The number of hydrogen-bond donors (Lipinski definition) is 1. The molecule has 0 spiro atoms. The highest BCUT2D eigenvalue weighted by Crippen LogP contribution is 2.46. The Morgan fingerprint density at radius 1 is 0.767 bits per heavy atom. The van der Waals surface area contributed by atoms with Gasteiger partial charge in [-0.25, -0.2) is 4.39 Å². The number of halogens is 7. The molecule has 3 aromatic rings. The lowest BCUT2D eigenvalue weighted by Crippen LogP contribution is -2.49. The fourth-order valence-corrected chi connectivity index (χ4v) is 7.14. The molecule has 0 unspecified atom stereocenters. The van der Waals surface area contributed by atoms with E-state index in [1.54, 1.807) is 0 Å². The van der Waals surface area contributed by atoms with E-state index < -0.39 is 35.0 Å². The van der Waals surface area contributed by atoms with Gasteiger partial charge in [0.1, 0.15) is 5.82 Å². The van der Waals surface area contributed by atoms with Crippen LogP contribution in [0.1, 0.15) is 78.7 Å². The fraction of sp³-hybridized carbons (Fsp3) is 0.471. The van der Waals surface area contributed by atoms with E-state index >= 15 is 0 Å². The first-order valence-electron chi connectivity index (χ1n) is 14.9. The van der Waals surface area contributed by atoms with Crippen LogP contribution in [0.2, 0.25) is 0 Å². The minimum atomic E-state index is -4.91. The van der Waals surface area contributed by atoms with Crippen molar-refractivity contribution in [3.63, 3.8) is 0 Å². The van der Waals surface area contributed by atoms with Crippen molar-refractivity contribution in [2.24, 2.45) is 0 Å². The number of hydrogen-bond acceptors (Lipinski definition) is 2. The number of likely N-dealkylation sites (tertiary alicyclic amines) is 1. The van der Waals surface area contributed by atoms with Crippen LogP contribution in [-0.2, 0) is 24.2 Å². The molecule has 9 heteroatoms. The van der Waals surface area contributed by atoms with Gasteiger partial charge in [-0.1, -0.05) is 42.5 Å². The molecule has 1 aliphatic carbocycles. The third kappa shape index (κ3) is 7.26. The summed E-state index contributed by atoms with van der Waals surface area (Å²) in [5, 5.41) is 11.6. The topological polar surface area (TPSA) is 23.5 Å². The minimum Gasteiger partial charge on any atom is -0.392 e. The smallest absolute Gasteiger partial charge is 0.392 e. The zero-order valence-electron chi connectivity index (χ0n) is 23.8. The molecule has 1 heterocycles. The standard InChI is InChI=1S/C34H36F7NO/c35-29-9-7-24(8-10-29)25-14-18-42(19-15-25)30-12-16-32(17-13-30,26-4-2-1-3-5-26)31(43)11-6-23-20-27(33(36,37)38)22-28(21-23)34(39,40)41/h1-5,7-10,20-22,25,30-31,43H,6,11-19H2/t30?,31-,32?/m0/s1. The third-order valence-corrected chi connectivity index (χ3v) is 9.58. The summed E-state index contributed by atoms with van der Waals surface area (Å²) in [5.41, 5.74) is -1.32. The average molecular weight is 608 g/mol. The van der Waals surface area contributed by atoms with Crippen LogP contribution in [-0.4, -0.2) is 35.2 Å². The van der Waals surface area contributed by atoms with E-state index in [9.17, 15) is 35.8 Å². The Balaban J connectivity index is 1.27. The lowest BCUT2D eigenvalue weighted by molar-refractivity contribution is -0.143. The number of aliphatic hydroxyl groups is 1. The quantitative estimate of drug-likeness (QED) is 0.271. The van der Waals surface area contributed by atoms with Gasteiger partial charge in [-0.15, -0.1) is 0 Å². The van der Waals surface area contributed by atoms with Gasteiger partial charge in [0.2, 0.25) is 0 Å². The molecule has 5 rings (SSSR count). The molecule has 1 aliphatic heterocycles. The Morgan fingerprint density at radius 2 is 1.33 bits per heavy atom. The lowest BCUT2D eigenvalue weighted by atomic mass is 9.63. The van der Waals surface area contributed by atoms with Crippen molar-refractivity contribution < 1.29 is 35.8 Å². The Bertz CT molecular complexity index is 1310. The van der Waals surface area contributed by atoms with Gasteiger partial charge in [-0.05, 0) is 117 Å². The minimum absolute atomic E-state index is 0.0429. The van der Waals surface area contributed by atoms with Gasteiger partial charge in [0.25, 0.3) is 0 Å². The Morgan fingerprint density at radius 3 is 1.86 bits per heavy atom. The Kier molecular flexibility index (Phi) is 9.23. The lowest BCUT2D eigenvalue weighted by Gasteiger charge is -2.48. The number of aliphatic hydroxyl groups excluding tert-OH is 1. The van der Waals surface area contributed by atoms with Gasteiger partial charge in [-0.2, -0.15) is 26.3 Å². The second-order valence-electron chi connectivity index (χ2n) is 12.1. The normalized spacial score (nSPS) is 23.3. The number of rotatable bonds is 7. The van der Waals surface area contributed by atoms with Crippen LogP contribution < -0.4 is 0 Å². The van der Waals surface area contributed by atoms with Crippen molar-refractivity contribution in [1.29, 1.82) is 0 Å². The predicted molar refractivity (Wildman–Crippen MR) is 151 cm³/mol. The van der Waals surface area contributed by atoms with Crippen LogP contribution in [0.25, 0.3) is 0 Å². The van der Waals surface area contributed by atoms with E-state index in [1.807, 2.05) is 42.5 Å². The largest absolute Gasteiger partial charge is 0.416 e. The summed E-state index contributed by atoms with van der Waals surface area (Å²) in [5.74, 6) is 0.146. The maximum atomic E-state index is 13.4. The Hall–Kier alpha value is -2.91. The van der Waals surface area contributed by atoms with Crippen LogP contribution >= 0.6 is 0 Å². The molecule has 43 heavy (non-hydrogen) atoms. The van der Waals surface area contributed by atoms with Gasteiger partial charge < -0.3 is 10.0 Å². The van der Waals surface area contributed by atoms with E-state index in [2.05, 4.69) is 4.90 Å². The molecular weight excluding hydrogens is 571 g/mol. The van der Waals surface area contributed by atoms with Gasteiger partial charge in [-0.3, -0.25) is 0 Å². The van der Waals surface area contributed by atoms with E-state index in [0.717, 1.165) is 62.0 Å². The Labute approximate surface area is 247 Å². The van der Waals surface area contributed by atoms with Crippen LogP contribution in [0.3, 0.4) is 0 Å². The van der Waals surface area contributed by atoms with Crippen molar-refractivity contribution in [2.45, 2.75) is 87.2 Å². The maximum Gasteiger partial charge on any atom is 0.416 e. The number of benzene rings is 3. The van der Waals surface area contributed by atoms with E-state index in [4.69, 9.17) is 0 Å².